The van der Waals surface area contributed by atoms with Crippen LogP contribution in [-0.4, -0.2) is 55.8 Å². The average Bonchev–Trinajstić information content (AvgIpc) is 3.47. The van der Waals surface area contributed by atoms with Crippen LogP contribution in [0, 0.1) is 19.9 Å². The first-order chi connectivity index (χ1) is 16.5. The minimum atomic E-state index is -0.443. The van der Waals surface area contributed by atoms with E-state index in [0.717, 1.165) is 36.2 Å². The quantitative estimate of drug-likeness (QED) is 0.367. The van der Waals surface area contributed by atoms with E-state index in [1.807, 2.05) is 34.3 Å². The number of nitrogens with one attached hydrogen (secondary N) is 1. The molecule has 2 aliphatic heterocycles. The van der Waals surface area contributed by atoms with Crippen LogP contribution in [0.4, 0.5) is 5.69 Å². The number of hydrazone groups is 1. The summed E-state index contributed by atoms with van der Waals surface area (Å²) >= 11 is 0. The minimum Gasteiger partial charge on any atom is -0.376 e. The van der Waals surface area contributed by atoms with Crippen molar-refractivity contribution in [2.45, 2.75) is 51.4 Å². The Kier molecular flexibility index (Phi) is 10.4. The molecule has 3 unspecified atom stereocenters. The number of amides is 1. The molecule has 3 atom stereocenters. The summed E-state index contributed by atoms with van der Waals surface area (Å²) in [5.41, 5.74) is 13.8. The molecule has 35 heavy (non-hydrogen) atoms. The van der Waals surface area contributed by atoms with Crippen LogP contribution in [0.3, 0.4) is 0 Å². The van der Waals surface area contributed by atoms with Gasteiger partial charge < -0.3 is 15.2 Å². The van der Waals surface area contributed by atoms with Gasteiger partial charge in [-0.05, 0) is 38.3 Å². The molecule has 185 valence electrons. The molecule has 2 aromatic carbocycles. The fourth-order valence-electron chi connectivity index (χ4n) is 4.55. The second-order valence-electron chi connectivity index (χ2n) is 8.98. The molecule has 9 heteroatoms. The molecule has 1 fully saturated rings. The molecule has 0 spiro atoms. The van der Waals surface area contributed by atoms with E-state index >= 15 is 0 Å². The molecule has 2 aliphatic rings. The minimum absolute atomic E-state index is 0. The van der Waals surface area contributed by atoms with Gasteiger partial charge in [-0.1, -0.05) is 17.7 Å². The van der Waals surface area contributed by atoms with E-state index in [0.29, 0.717) is 25.3 Å². The first-order valence-electron chi connectivity index (χ1n) is 11.8. The van der Waals surface area contributed by atoms with Crippen LogP contribution in [0.25, 0.3) is 0 Å². The number of carbonyl (C=O) groups excluding carboxylic acids is 1. The summed E-state index contributed by atoms with van der Waals surface area (Å²) in [6.45, 7) is 5.74. The molecule has 0 bridgehead atoms. The predicted molar refractivity (Wildman–Crippen MR) is 132 cm³/mol. The molecule has 1 saturated heterocycles. The molecular weight excluding hydrogens is 519 g/mol. The van der Waals surface area contributed by atoms with Gasteiger partial charge in [-0.2, -0.15) is 35.4 Å². The monoisotopic (exact) mass is 553 g/mol. The number of hydrogen-bond donors (Lipinski definition) is 2. The summed E-state index contributed by atoms with van der Waals surface area (Å²) in [6.07, 6.45) is 2.03. The Morgan fingerprint density at radius 1 is 1.29 bits per heavy atom. The third-order valence-electron chi connectivity index (χ3n) is 6.42. The molecule has 1 amide bonds. The molecule has 0 aliphatic carbocycles. The molecular formula is C26H34N5O3Y-. The van der Waals surface area contributed by atoms with Crippen LogP contribution in [-0.2, 0) is 47.0 Å². The number of anilines is 1. The number of carbonyl (C=O) groups is 1. The largest absolute Gasteiger partial charge is 0.376 e. The molecule has 4 rings (SSSR count). The van der Waals surface area contributed by atoms with Crippen LogP contribution in [0.2, 0.25) is 0 Å². The van der Waals surface area contributed by atoms with Gasteiger partial charge in [0.1, 0.15) is 11.9 Å². The zero-order valence-corrected chi connectivity index (χ0v) is 23.6. The zero-order chi connectivity index (χ0) is 24.1. The fourth-order valence-corrected chi connectivity index (χ4v) is 4.55. The Labute approximate surface area is 233 Å². The Bertz CT molecular complexity index is 1020. The van der Waals surface area contributed by atoms with Crippen LogP contribution < -0.4 is 16.2 Å². The number of ether oxygens (including phenoxy) is 2. The predicted octanol–water partition coefficient (Wildman–Crippen LogP) is 2.85. The SMILES string of the molecule is COC(N)COCC1CCCN1NC(=O)C1=NN(c2ccc(C)cc2C)C(c2cc[c-]cc2)C1.[Y]. The topological polar surface area (TPSA) is 92.4 Å². The summed E-state index contributed by atoms with van der Waals surface area (Å²) in [5, 5.41) is 8.76. The number of benzene rings is 2. The van der Waals surface area contributed by atoms with Crippen molar-refractivity contribution in [2.75, 3.05) is 31.9 Å². The third-order valence-corrected chi connectivity index (χ3v) is 6.42. The van der Waals surface area contributed by atoms with Crippen molar-refractivity contribution in [1.82, 2.24) is 10.4 Å². The van der Waals surface area contributed by atoms with Gasteiger partial charge in [-0.15, -0.1) is 5.56 Å². The van der Waals surface area contributed by atoms with Crippen molar-refractivity contribution >= 4 is 17.3 Å². The van der Waals surface area contributed by atoms with E-state index in [9.17, 15) is 4.79 Å². The Morgan fingerprint density at radius 2 is 2.06 bits per heavy atom. The van der Waals surface area contributed by atoms with Crippen molar-refractivity contribution in [3.8, 4) is 0 Å². The van der Waals surface area contributed by atoms with Gasteiger partial charge in [0.2, 0.25) is 0 Å². The maximum Gasteiger partial charge on any atom is 0.281 e. The van der Waals surface area contributed by atoms with Gasteiger partial charge >= 0.3 is 0 Å². The van der Waals surface area contributed by atoms with Gasteiger partial charge in [0, 0.05) is 52.8 Å². The first kappa shape index (κ1) is 27.9. The molecule has 2 aromatic rings. The maximum absolute atomic E-state index is 13.3. The summed E-state index contributed by atoms with van der Waals surface area (Å²) in [5.74, 6) is -0.166. The second-order valence-corrected chi connectivity index (χ2v) is 8.98. The van der Waals surface area contributed by atoms with Crippen molar-refractivity contribution in [2.24, 2.45) is 10.8 Å². The molecule has 8 nitrogen and oxygen atoms in total. The van der Waals surface area contributed by atoms with E-state index in [1.54, 1.807) is 7.11 Å². The van der Waals surface area contributed by atoms with Gasteiger partial charge in [-0.3, -0.25) is 15.2 Å². The average molecular weight is 553 g/mol. The van der Waals surface area contributed by atoms with Crippen molar-refractivity contribution in [3.05, 3.63) is 65.2 Å². The van der Waals surface area contributed by atoms with E-state index in [2.05, 4.69) is 43.5 Å². The van der Waals surface area contributed by atoms with E-state index in [4.69, 9.17) is 20.3 Å². The normalized spacial score (nSPS) is 20.9. The molecule has 2 heterocycles. The second kappa shape index (κ2) is 13.0. The van der Waals surface area contributed by atoms with Crippen LogP contribution in [0.5, 0.6) is 0 Å². The Morgan fingerprint density at radius 3 is 2.77 bits per heavy atom. The number of nitrogens with zero attached hydrogens (tertiary/aromatic N) is 3. The molecule has 0 saturated carbocycles. The van der Waals surface area contributed by atoms with Crippen molar-refractivity contribution in [1.29, 1.82) is 0 Å². The molecule has 0 aromatic heterocycles. The van der Waals surface area contributed by atoms with E-state index in [1.165, 1.54) is 5.56 Å². The smallest absolute Gasteiger partial charge is 0.281 e. The number of hydrogen-bond acceptors (Lipinski definition) is 7. The molecule has 1 radical (unpaired) electrons. The third kappa shape index (κ3) is 6.97. The summed E-state index contributed by atoms with van der Waals surface area (Å²) in [7, 11) is 1.56. The van der Waals surface area contributed by atoms with Crippen LogP contribution >= 0.6 is 0 Å². The molecule has 3 N–H and O–H groups in total. The standard InChI is InChI=1S/C26H34N5O3.Y/c1-18-11-12-23(19(2)14-18)31-24(20-8-5-4-6-9-20)15-22(28-31)26(32)29-30-13-7-10-21(30)16-34-17-25(27)33-3;/h5-6,8-9,11-12,14,21,24-25H,7,10,13,15-17,27H2,1-3H3,(H,29,32);/q-1;. The van der Waals surface area contributed by atoms with Gasteiger partial charge in [0.05, 0.1) is 31.0 Å². The van der Waals surface area contributed by atoms with Crippen LogP contribution in [0.15, 0.2) is 47.6 Å². The van der Waals surface area contributed by atoms with Gasteiger partial charge in [-0.25, -0.2) is 5.01 Å². The van der Waals surface area contributed by atoms with Crippen molar-refractivity contribution in [3.63, 3.8) is 0 Å². The Hall–Kier alpha value is -1.68. The number of methoxy groups -OCH3 is 1. The number of aryl methyl sites for hydroxylation is 2. The van der Waals surface area contributed by atoms with Crippen LogP contribution in [0.1, 0.15) is 42.0 Å². The number of hydrazine groups is 1. The zero-order valence-electron chi connectivity index (χ0n) is 20.7. The van der Waals surface area contributed by atoms with E-state index in [-0.39, 0.29) is 50.7 Å². The first-order valence-corrected chi connectivity index (χ1v) is 11.8. The Balaban J connectivity index is 0.00000342. The number of nitrogens with two attached hydrogens (primary N) is 1. The van der Waals surface area contributed by atoms with E-state index < -0.39 is 6.23 Å². The number of rotatable bonds is 9. The maximum atomic E-state index is 13.3. The fraction of sp³-hybridized carbons (Fsp3) is 0.462. The summed E-state index contributed by atoms with van der Waals surface area (Å²) in [6, 6.07) is 17.3. The summed E-state index contributed by atoms with van der Waals surface area (Å²) < 4.78 is 10.7. The summed E-state index contributed by atoms with van der Waals surface area (Å²) in [4.78, 5) is 13.3. The van der Waals surface area contributed by atoms with Gasteiger partial charge in [0.25, 0.3) is 5.91 Å². The van der Waals surface area contributed by atoms with Gasteiger partial charge in [0.15, 0.2) is 0 Å². The van der Waals surface area contributed by atoms with Crippen molar-refractivity contribution < 1.29 is 47.0 Å².